The van der Waals surface area contributed by atoms with E-state index < -0.39 is 0 Å². The van der Waals surface area contributed by atoms with Crippen molar-refractivity contribution in [3.63, 3.8) is 0 Å². The van der Waals surface area contributed by atoms with Gasteiger partial charge in [-0.25, -0.2) is 9.97 Å². The third kappa shape index (κ3) is 5.39. The molecule has 0 saturated heterocycles. The average molecular weight is 305 g/mol. The monoisotopic (exact) mass is 305 g/mol. The topological polar surface area (TPSA) is 46.1 Å². The Labute approximate surface area is 135 Å². The number of carbonyl (C=O) groups excluding carboxylic acids is 1. The fourth-order valence-corrected chi connectivity index (χ4v) is 2.57. The number of hydrogen-bond acceptors (Lipinski definition) is 3. The molecular weight excluding hydrogens is 274 g/mol. The predicted molar refractivity (Wildman–Crippen MR) is 92.0 cm³/mol. The van der Waals surface area contributed by atoms with Crippen molar-refractivity contribution < 1.29 is 4.79 Å². The van der Waals surface area contributed by atoms with Crippen LogP contribution in [0.5, 0.6) is 0 Å². The van der Waals surface area contributed by atoms with Crippen LogP contribution in [0.3, 0.4) is 0 Å². The first kappa shape index (κ1) is 18.6. The molecule has 1 rings (SSSR count). The van der Waals surface area contributed by atoms with Crippen LogP contribution in [0.4, 0.5) is 5.95 Å². The highest BCUT2D eigenvalue weighted by Crippen LogP contribution is 2.24. The zero-order valence-electron chi connectivity index (χ0n) is 15.0. The van der Waals surface area contributed by atoms with Gasteiger partial charge in [-0.1, -0.05) is 48.0 Å². The first-order valence-electron chi connectivity index (χ1n) is 8.46. The minimum absolute atomic E-state index is 0.0393. The largest absolute Gasteiger partial charge is 0.278 e. The van der Waals surface area contributed by atoms with Crippen LogP contribution in [0.15, 0.2) is 12.3 Å². The molecule has 0 atom stereocenters. The van der Waals surface area contributed by atoms with Gasteiger partial charge in [-0.2, -0.15) is 0 Å². The van der Waals surface area contributed by atoms with E-state index in [1.54, 1.807) is 6.20 Å². The molecular formula is C18H31N3O. The number of aryl methyl sites for hydroxylation is 1. The molecule has 0 saturated carbocycles. The molecule has 4 nitrogen and oxygen atoms in total. The molecule has 22 heavy (non-hydrogen) atoms. The summed E-state index contributed by atoms with van der Waals surface area (Å²) in [6.07, 6.45) is 6.05. The molecule has 0 spiro atoms. The van der Waals surface area contributed by atoms with E-state index in [1.165, 1.54) is 0 Å². The summed E-state index contributed by atoms with van der Waals surface area (Å²) in [5.74, 6) is 0.684. The van der Waals surface area contributed by atoms with Crippen LogP contribution in [0.25, 0.3) is 0 Å². The Morgan fingerprint density at radius 1 is 1.23 bits per heavy atom. The molecule has 124 valence electrons. The van der Waals surface area contributed by atoms with Crippen molar-refractivity contribution >= 4 is 11.9 Å². The van der Waals surface area contributed by atoms with Crippen molar-refractivity contribution in [2.24, 2.45) is 5.41 Å². The number of rotatable bonds is 7. The maximum absolute atomic E-state index is 12.8. The van der Waals surface area contributed by atoms with Gasteiger partial charge in [0, 0.05) is 24.4 Å². The fraction of sp³-hybridized carbons (Fsp3) is 0.722. The summed E-state index contributed by atoms with van der Waals surface area (Å²) in [4.78, 5) is 23.7. The van der Waals surface area contributed by atoms with Gasteiger partial charge in [-0.05, 0) is 30.7 Å². The molecule has 1 amide bonds. The summed E-state index contributed by atoms with van der Waals surface area (Å²) >= 11 is 0. The van der Waals surface area contributed by atoms with Crippen LogP contribution >= 0.6 is 0 Å². The zero-order chi connectivity index (χ0) is 16.8. The van der Waals surface area contributed by atoms with Gasteiger partial charge in [-0.15, -0.1) is 0 Å². The van der Waals surface area contributed by atoms with Crippen molar-refractivity contribution in [2.75, 3.05) is 4.90 Å². The van der Waals surface area contributed by atoms with Gasteiger partial charge in [0.25, 0.3) is 0 Å². The lowest BCUT2D eigenvalue weighted by atomic mass is 9.91. The van der Waals surface area contributed by atoms with Gasteiger partial charge in [0.15, 0.2) is 0 Å². The third-order valence-corrected chi connectivity index (χ3v) is 3.68. The highest BCUT2D eigenvalue weighted by Gasteiger charge is 2.28. The second-order valence-electron chi connectivity index (χ2n) is 7.07. The van der Waals surface area contributed by atoms with Gasteiger partial charge in [0.1, 0.15) is 0 Å². The molecule has 0 unspecified atom stereocenters. The molecule has 0 radical (unpaired) electrons. The Kier molecular flexibility index (Phi) is 6.98. The first-order valence-corrected chi connectivity index (χ1v) is 8.46. The summed E-state index contributed by atoms with van der Waals surface area (Å²) in [5.41, 5.74) is 0.967. The molecule has 0 fully saturated rings. The van der Waals surface area contributed by atoms with Crippen molar-refractivity contribution in [1.29, 1.82) is 0 Å². The summed E-state index contributed by atoms with van der Waals surface area (Å²) in [5, 5.41) is 0. The highest BCUT2D eigenvalue weighted by molar-refractivity contribution is 5.92. The number of nitrogens with zero attached hydrogens (tertiary/aromatic N) is 3. The van der Waals surface area contributed by atoms with E-state index in [2.05, 4.69) is 51.5 Å². The van der Waals surface area contributed by atoms with Gasteiger partial charge >= 0.3 is 0 Å². The normalized spacial score (nSPS) is 11.8. The Bertz CT molecular complexity index is 475. The standard InChI is InChI=1S/C18H31N3O/c1-7-10-14-11-12-19-17(20-14)21(15(8-2)9-3)16(22)13-18(4,5)6/h11-12,15H,7-10,13H2,1-6H3. The molecule has 0 bridgehead atoms. The molecule has 0 aliphatic carbocycles. The number of anilines is 1. The van der Waals surface area contributed by atoms with Crippen LogP contribution in [0.1, 0.15) is 72.9 Å². The lowest BCUT2D eigenvalue weighted by molar-refractivity contribution is -0.120. The van der Waals surface area contributed by atoms with Crippen molar-refractivity contribution in [3.05, 3.63) is 18.0 Å². The lowest BCUT2D eigenvalue weighted by Gasteiger charge is -2.31. The smallest absolute Gasteiger partial charge is 0.232 e. The lowest BCUT2D eigenvalue weighted by Crippen LogP contribution is -2.42. The Morgan fingerprint density at radius 2 is 1.86 bits per heavy atom. The molecule has 1 aromatic rings. The second kappa shape index (κ2) is 8.25. The van der Waals surface area contributed by atoms with Crippen LogP contribution in [0, 0.1) is 5.41 Å². The second-order valence-corrected chi connectivity index (χ2v) is 7.07. The van der Waals surface area contributed by atoms with Gasteiger partial charge in [0.05, 0.1) is 0 Å². The predicted octanol–water partition coefficient (Wildman–Crippen LogP) is 4.39. The Hall–Kier alpha value is -1.45. The highest BCUT2D eigenvalue weighted by atomic mass is 16.2. The van der Waals surface area contributed by atoms with E-state index in [4.69, 9.17) is 0 Å². The van der Waals surface area contributed by atoms with E-state index in [0.717, 1.165) is 31.4 Å². The minimum Gasteiger partial charge on any atom is -0.278 e. The van der Waals surface area contributed by atoms with Gasteiger partial charge in [0.2, 0.25) is 11.9 Å². The van der Waals surface area contributed by atoms with Crippen LogP contribution in [0.2, 0.25) is 0 Å². The summed E-state index contributed by atoms with van der Waals surface area (Å²) < 4.78 is 0. The van der Waals surface area contributed by atoms with E-state index >= 15 is 0 Å². The Morgan fingerprint density at radius 3 is 2.36 bits per heavy atom. The summed E-state index contributed by atoms with van der Waals surface area (Å²) in [7, 11) is 0. The van der Waals surface area contributed by atoms with Crippen molar-refractivity contribution in [2.45, 2.75) is 79.7 Å². The third-order valence-electron chi connectivity index (χ3n) is 3.68. The summed E-state index contributed by atoms with van der Waals surface area (Å²) in [6, 6.07) is 2.10. The number of aromatic nitrogens is 2. The van der Waals surface area contributed by atoms with Crippen LogP contribution < -0.4 is 4.90 Å². The van der Waals surface area contributed by atoms with Gasteiger partial charge in [-0.3, -0.25) is 9.69 Å². The SMILES string of the molecule is CCCc1ccnc(N(C(=O)CC(C)(C)C)C(CC)CC)n1. The number of hydrogen-bond donors (Lipinski definition) is 0. The summed E-state index contributed by atoms with van der Waals surface area (Å²) in [6.45, 7) is 12.6. The molecule has 0 aliphatic heterocycles. The van der Waals surface area contributed by atoms with Crippen molar-refractivity contribution in [3.8, 4) is 0 Å². The maximum atomic E-state index is 12.8. The molecule has 0 aliphatic rings. The van der Waals surface area contributed by atoms with Gasteiger partial charge < -0.3 is 0 Å². The number of carbonyl (C=O) groups is 1. The molecule has 0 N–H and O–H groups in total. The van der Waals surface area contributed by atoms with Crippen LogP contribution in [-0.4, -0.2) is 21.9 Å². The molecule has 0 aromatic carbocycles. The van der Waals surface area contributed by atoms with E-state index in [0.29, 0.717) is 12.4 Å². The van der Waals surface area contributed by atoms with Crippen LogP contribution in [-0.2, 0) is 11.2 Å². The van der Waals surface area contributed by atoms with E-state index in [1.807, 2.05) is 11.0 Å². The zero-order valence-corrected chi connectivity index (χ0v) is 15.0. The average Bonchev–Trinajstić information content (AvgIpc) is 2.43. The minimum atomic E-state index is -0.0393. The Balaban J connectivity index is 3.14. The number of amides is 1. The van der Waals surface area contributed by atoms with E-state index in [9.17, 15) is 4.79 Å². The maximum Gasteiger partial charge on any atom is 0.232 e. The quantitative estimate of drug-likeness (QED) is 0.750. The van der Waals surface area contributed by atoms with E-state index in [-0.39, 0.29) is 17.4 Å². The van der Waals surface area contributed by atoms with Crippen molar-refractivity contribution in [1.82, 2.24) is 9.97 Å². The molecule has 4 heteroatoms. The fourth-order valence-electron chi connectivity index (χ4n) is 2.57. The first-order chi connectivity index (χ1) is 10.3. The molecule has 1 heterocycles. The molecule has 1 aromatic heterocycles.